The summed E-state index contributed by atoms with van der Waals surface area (Å²) in [6.45, 7) is 2.31. The second kappa shape index (κ2) is 7.70. The molecule has 7 heteroatoms. The largest absolute Gasteiger partial charge is 0.479 e. The maximum absolute atomic E-state index is 10.7. The highest BCUT2D eigenvalue weighted by molar-refractivity contribution is 6.17. The lowest BCUT2D eigenvalue weighted by Gasteiger charge is -2.18. The molecule has 0 radical (unpaired) electrons. The van der Waals surface area contributed by atoms with E-state index in [2.05, 4.69) is 0 Å². The SMILES string of the molecule is CCOC(=N)C(OCCCl)c1cccc([N+](=O)[O-])c1. The van der Waals surface area contributed by atoms with Crippen LogP contribution in [0, 0.1) is 15.5 Å². The van der Waals surface area contributed by atoms with Gasteiger partial charge >= 0.3 is 0 Å². The summed E-state index contributed by atoms with van der Waals surface area (Å²) in [5.74, 6) is 0.179. The molecule has 1 aromatic carbocycles. The summed E-state index contributed by atoms with van der Waals surface area (Å²) in [6, 6.07) is 5.95. The van der Waals surface area contributed by atoms with Gasteiger partial charge in [-0.3, -0.25) is 15.5 Å². The predicted molar refractivity (Wildman–Crippen MR) is 71.9 cm³/mol. The molecule has 0 bridgehead atoms. The van der Waals surface area contributed by atoms with Crippen LogP contribution in [0.1, 0.15) is 18.6 Å². The van der Waals surface area contributed by atoms with E-state index in [4.69, 9.17) is 26.5 Å². The fraction of sp³-hybridized carbons (Fsp3) is 0.417. The van der Waals surface area contributed by atoms with Crippen molar-refractivity contribution in [3.63, 3.8) is 0 Å². The van der Waals surface area contributed by atoms with Crippen LogP contribution in [-0.2, 0) is 9.47 Å². The second-order valence-electron chi connectivity index (χ2n) is 3.59. The van der Waals surface area contributed by atoms with Crippen molar-refractivity contribution in [2.75, 3.05) is 19.1 Å². The molecule has 0 aliphatic heterocycles. The molecule has 19 heavy (non-hydrogen) atoms. The fourth-order valence-corrected chi connectivity index (χ4v) is 1.61. The fourth-order valence-electron chi connectivity index (χ4n) is 1.52. The van der Waals surface area contributed by atoms with E-state index in [1.807, 2.05) is 0 Å². The second-order valence-corrected chi connectivity index (χ2v) is 3.97. The topological polar surface area (TPSA) is 85.5 Å². The molecule has 0 spiro atoms. The average molecular weight is 287 g/mol. The van der Waals surface area contributed by atoms with Crippen LogP contribution in [0.4, 0.5) is 5.69 Å². The van der Waals surface area contributed by atoms with Gasteiger partial charge in [0.25, 0.3) is 5.69 Å². The van der Waals surface area contributed by atoms with E-state index in [9.17, 15) is 10.1 Å². The number of alkyl halides is 1. The summed E-state index contributed by atoms with van der Waals surface area (Å²) in [5.41, 5.74) is 0.444. The van der Waals surface area contributed by atoms with Crippen molar-refractivity contribution in [1.29, 1.82) is 5.41 Å². The Labute approximate surface area is 115 Å². The van der Waals surface area contributed by atoms with Crippen molar-refractivity contribution in [2.24, 2.45) is 0 Å². The molecule has 0 aliphatic rings. The van der Waals surface area contributed by atoms with Crippen LogP contribution in [0.2, 0.25) is 0 Å². The molecule has 104 valence electrons. The maximum atomic E-state index is 10.7. The van der Waals surface area contributed by atoms with Crippen molar-refractivity contribution < 1.29 is 14.4 Å². The Morgan fingerprint density at radius 1 is 1.58 bits per heavy atom. The molecular weight excluding hydrogens is 272 g/mol. The number of halogens is 1. The zero-order chi connectivity index (χ0) is 14.3. The lowest BCUT2D eigenvalue weighted by atomic mass is 10.1. The Hall–Kier alpha value is -1.66. The first-order valence-corrected chi connectivity index (χ1v) is 6.26. The standard InChI is InChI=1S/C12H15ClN2O4/c1-2-18-12(14)11(19-7-6-13)9-4-3-5-10(8-9)15(16)17/h3-5,8,11,14H,2,6-7H2,1H3. The van der Waals surface area contributed by atoms with Crippen molar-refractivity contribution in [3.05, 3.63) is 39.9 Å². The molecular formula is C12H15ClN2O4. The zero-order valence-electron chi connectivity index (χ0n) is 10.5. The lowest BCUT2D eigenvalue weighted by Crippen LogP contribution is -2.19. The molecule has 0 aliphatic carbocycles. The highest BCUT2D eigenvalue weighted by Gasteiger charge is 2.21. The Balaban J connectivity index is 2.98. The lowest BCUT2D eigenvalue weighted by molar-refractivity contribution is -0.385. The van der Waals surface area contributed by atoms with Gasteiger partial charge in [0, 0.05) is 18.0 Å². The van der Waals surface area contributed by atoms with Gasteiger partial charge in [-0.1, -0.05) is 12.1 Å². The van der Waals surface area contributed by atoms with Gasteiger partial charge in [0.2, 0.25) is 5.90 Å². The number of rotatable bonds is 7. The van der Waals surface area contributed by atoms with Gasteiger partial charge < -0.3 is 9.47 Å². The number of hydrogen-bond donors (Lipinski definition) is 1. The highest BCUT2D eigenvalue weighted by Crippen LogP contribution is 2.23. The molecule has 1 atom stereocenters. The Bertz CT molecular complexity index is 453. The van der Waals surface area contributed by atoms with Crippen LogP contribution >= 0.6 is 11.6 Å². The normalized spacial score (nSPS) is 11.9. The number of ether oxygens (including phenoxy) is 2. The maximum Gasteiger partial charge on any atom is 0.269 e. The van der Waals surface area contributed by atoms with E-state index in [0.717, 1.165) is 0 Å². The predicted octanol–water partition coefficient (Wildman–Crippen LogP) is 2.91. The number of nitrogens with zero attached hydrogens (tertiary/aromatic N) is 1. The molecule has 0 saturated carbocycles. The third-order valence-electron chi connectivity index (χ3n) is 2.28. The average Bonchev–Trinajstić information content (AvgIpc) is 2.40. The molecule has 1 unspecified atom stereocenters. The van der Waals surface area contributed by atoms with Gasteiger partial charge in [-0.2, -0.15) is 0 Å². The number of nitro benzene ring substituents is 1. The molecule has 1 rings (SSSR count). The van der Waals surface area contributed by atoms with Crippen LogP contribution in [0.5, 0.6) is 0 Å². The van der Waals surface area contributed by atoms with Crippen LogP contribution in [0.15, 0.2) is 24.3 Å². The molecule has 0 fully saturated rings. The monoisotopic (exact) mass is 286 g/mol. The minimum atomic E-state index is -0.779. The first-order valence-electron chi connectivity index (χ1n) is 5.73. The molecule has 0 saturated heterocycles. The van der Waals surface area contributed by atoms with E-state index in [-0.39, 0.29) is 24.1 Å². The van der Waals surface area contributed by atoms with Crippen molar-refractivity contribution >= 4 is 23.2 Å². The van der Waals surface area contributed by atoms with Crippen LogP contribution < -0.4 is 0 Å². The van der Waals surface area contributed by atoms with E-state index in [1.54, 1.807) is 19.1 Å². The number of non-ortho nitro benzene ring substituents is 1. The molecule has 6 nitrogen and oxygen atoms in total. The summed E-state index contributed by atoms with van der Waals surface area (Å²) in [4.78, 5) is 10.3. The summed E-state index contributed by atoms with van der Waals surface area (Å²) in [6.07, 6.45) is -0.779. The Kier molecular flexibility index (Phi) is 6.24. The summed E-state index contributed by atoms with van der Waals surface area (Å²) in [5, 5.41) is 18.5. The molecule has 0 amide bonds. The van der Waals surface area contributed by atoms with Gasteiger partial charge in [0.15, 0.2) is 6.10 Å². The number of hydrogen-bond acceptors (Lipinski definition) is 5. The van der Waals surface area contributed by atoms with Crippen LogP contribution in [0.3, 0.4) is 0 Å². The first kappa shape index (κ1) is 15.4. The van der Waals surface area contributed by atoms with Gasteiger partial charge in [-0.15, -0.1) is 11.6 Å². The van der Waals surface area contributed by atoms with Gasteiger partial charge in [0.1, 0.15) is 0 Å². The van der Waals surface area contributed by atoms with Crippen molar-refractivity contribution in [1.82, 2.24) is 0 Å². The summed E-state index contributed by atoms with van der Waals surface area (Å²) in [7, 11) is 0. The Morgan fingerprint density at radius 3 is 2.89 bits per heavy atom. The minimum absolute atomic E-state index is 0.0544. The quantitative estimate of drug-likeness (QED) is 0.274. The van der Waals surface area contributed by atoms with Gasteiger partial charge in [-0.25, -0.2) is 0 Å². The van der Waals surface area contributed by atoms with Crippen molar-refractivity contribution in [3.8, 4) is 0 Å². The first-order chi connectivity index (χ1) is 9.10. The zero-order valence-corrected chi connectivity index (χ0v) is 11.2. The number of nitro groups is 1. The van der Waals surface area contributed by atoms with E-state index >= 15 is 0 Å². The molecule has 1 aromatic rings. The van der Waals surface area contributed by atoms with E-state index in [1.165, 1.54) is 12.1 Å². The third kappa shape index (κ3) is 4.50. The Morgan fingerprint density at radius 2 is 2.32 bits per heavy atom. The minimum Gasteiger partial charge on any atom is -0.479 e. The summed E-state index contributed by atoms with van der Waals surface area (Å²) >= 11 is 5.55. The summed E-state index contributed by atoms with van der Waals surface area (Å²) < 4.78 is 10.5. The molecule has 0 aromatic heterocycles. The number of benzene rings is 1. The van der Waals surface area contributed by atoms with E-state index < -0.39 is 11.0 Å². The van der Waals surface area contributed by atoms with Crippen LogP contribution in [0.25, 0.3) is 0 Å². The number of nitrogens with one attached hydrogen (secondary N) is 1. The van der Waals surface area contributed by atoms with E-state index in [0.29, 0.717) is 12.2 Å². The van der Waals surface area contributed by atoms with Gasteiger partial charge in [0.05, 0.1) is 18.1 Å². The van der Waals surface area contributed by atoms with Gasteiger partial charge in [-0.05, 0) is 12.5 Å². The smallest absolute Gasteiger partial charge is 0.269 e. The van der Waals surface area contributed by atoms with Crippen molar-refractivity contribution in [2.45, 2.75) is 13.0 Å². The molecule has 0 heterocycles. The molecule has 1 N–H and O–H groups in total. The third-order valence-corrected chi connectivity index (χ3v) is 2.44. The highest BCUT2D eigenvalue weighted by atomic mass is 35.5. The van der Waals surface area contributed by atoms with Crippen LogP contribution in [-0.4, -0.2) is 29.9 Å².